The topological polar surface area (TPSA) is 95.6 Å². The van der Waals surface area contributed by atoms with Crippen molar-refractivity contribution in [2.75, 3.05) is 26.7 Å². The lowest BCUT2D eigenvalue weighted by Gasteiger charge is -2.18. The van der Waals surface area contributed by atoms with Gasteiger partial charge in [0.15, 0.2) is 0 Å². The van der Waals surface area contributed by atoms with Crippen LogP contribution in [0.15, 0.2) is 34.1 Å². The van der Waals surface area contributed by atoms with Crippen molar-refractivity contribution in [2.24, 2.45) is 0 Å². The summed E-state index contributed by atoms with van der Waals surface area (Å²) in [6, 6.07) is 5.26. The van der Waals surface area contributed by atoms with Crippen LogP contribution in [0.2, 0.25) is 0 Å². The standard InChI is InChI=1S/C14H25N3O4S2.ClH/c1-5-17(6-2)23(20,21)14-9-7-13(8-10-14)22(18,19)16-11-12(3)15-4;/h7-10,12,15-16H,5-6,11H2,1-4H3;1H. The maximum atomic E-state index is 12.4. The van der Waals surface area contributed by atoms with E-state index in [0.717, 1.165) is 0 Å². The van der Waals surface area contributed by atoms with Crippen LogP contribution in [-0.2, 0) is 20.0 Å². The number of halogens is 1. The molecule has 0 heterocycles. The Balaban J connectivity index is 0.00000529. The predicted octanol–water partition coefficient (Wildman–Crippen LogP) is 1.03. The van der Waals surface area contributed by atoms with E-state index in [4.69, 9.17) is 0 Å². The van der Waals surface area contributed by atoms with Crippen molar-refractivity contribution in [1.29, 1.82) is 0 Å². The first-order valence-corrected chi connectivity index (χ1v) is 10.4. The Hall–Kier alpha value is -0.710. The summed E-state index contributed by atoms with van der Waals surface area (Å²) in [6.07, 6.45) is 0. The van der Waals surface area contributed by atoms with E-state index in [0.29, 0.717) is 13.1 Å². The zero-order valence-electron chi connectivity index (χ0n) is 14.3. The van der Waals surface area contributed by atoms with Gasteiger partial charge in [-0.15, -0.1) is 12.4 Å². The van der Waals surface area contributed by atoms with E-state index in [-0.39, 0.29) is 34.8 Å². The van der Waals surface area contributed by atoms with Crippen molar-refractivity contribution in [3.63, 3.8) is 0 Å². The van der Waals surface area contributed by atoms with Crippen LogP contribution in [0, 0.1) is 0 Å². The van der Waals surface area contributed by atoms with Gasteiger partial charge in [0.25, 0.3) is 0 Å². The Morgan fingerprint density at radius 2 is 1.46 bits per heavy atom. The molecule has 0 fully saturated rings. The molecular weight excluding hydrogens is 374 g/mol. The molecule has 10 heteroatoms. The van der Waals surface area contributed by atoms with E-state index in [2.05, 4.69) is 10.0 Å². The van der Waals surface area contributed by atoms with Gasteiger partial charge in [-0.1, -0.05) is 13.8 Å². The van der Waals surface area contributed by atoms with Gasteiger partial charge in [-0.3, -0.25) is 0 Å². The van der Waals surface area contributed by atoms with Crippen LogP contribution in [-0.4, -0.2) is 53.9 Å². The summed E-state index contributed by atoms with van der Waals surface area (Å²) in [4.78, 5) is 0.128. The second kappa shape index (κ2) is 9.69. The molecule has 24 heavy (non-hydrogen) atoms. The number of rotatable bonds is 9. The van der Waals surface area contributed by atoms with Gasteiger partial charge in [-0.25, -0.2) is 21.6 Å². The highest BCUT2D eigenvalue weighted by molar-refractivity contribution is 7.89. The van der Waals surface area contributed by atoms with Crippen molar-refractivity contribution in [1.82, 2.24) is 14.3 Å². The fraction of sp³-hybridized carbons (Fsp3) is 0.571. The number of benzene rings is 1. The Morgan fingerprint density at radius 1 is 1.00 bits per heavy atom. The van der Waals surface area contributed by atoms with Crippen molar-refractivity contribution < 1.29 is 16.8 Å². The Kier molecular flexibility index (Phi) is 9.40. The highest BCUT2D eigenvalue weighted by Gasteiger charge is 2.22. The third-order valence-corrected chi connectivity index (χ3v) is 7.05. The van der Waals surface area contributed by atoms with Crippen LogP contribution in [0.25, 0.3) is 0 Å². The van der Waals surface area contributed by atoms with E-state index in [1.807, 2.05) is 6.92 Å². The lowest BCUT2D eigenvalue weighted by molar-refractivity contribution is 0.445. The van der Waals surface area contributed by atoms with Gasteiger partial charge in [-0.05, 0) is 38.2 Å². The molecule has 0 radical (unpaired) electrons. The maximum Gasteiger partial charge on any atom is 0.243 e. The van der Waals surface area contributed by atoms with Gasteiger partial charge < -0.3 is 5.32 Å². The van der Waals surface area contributed by atoms with Crippen molar-refractivity contribution >= 4 is 32.5 Å². The number of nitrogens with one attached hydrogen (secondary N) is 2. The monoisotopic (exact) mass is 399 g/mol. The van der Waals surface area contributed by atoms with Crippen molar-refractivity contribution in [3.8, 4) is 0 Å². The number of hydrogen-bond acceptors (Lipinski definition) is 5. The molecule has 1 atom stereocenters. The van der Waals surface area contributed by atoms with Crippen molar-refractivity contribution in [3.05, 3.63) is 24.3 Å². The van der Waals surface area contributed by atoms with E-state index in [1.54, 1.807) is 20.9 Å². The predicted molar refractivity (Wildman–Crippen MR) is 97.5 cm³/mol. The third-order valence-electron chi connectivity index (χ3n) is 3.55. The van der Waals surface area contributed by atoms with Gasteiger partial charge in [0.2, 0.25) is 20.0 Å². The van der Waals surface area contributed by atoms with Crippen LogP contribution in [0.3, 0.4) is 0 Å². The summed E-state index contributed by atoms with van der Waals surface area (Å²) in [5.41, 5.74) is 0. The van der Waals surface area contributed by atoms with Gasteiger partial charge in [0.05, 0.1) is 9.79 Å². The summed E-state index contributed by atoms with van der Waals surface area (Å²) in [7, 11) is -5.50. The van der Waals surface area contributed by atoms with Crippen LogP contribution < -0.4 is 10.0 Å². The zero-order chi connectivity index (χ0) is 17.7. The molecule has 0 aliphatic rings. The van der Waals surface area contributed by atoms with E-state index < -0.39 is 20.0 Å². The Bertz CT molecular complexity index is 702. The molecule has 1 rings (SSSR count). The maximum absolute atomic E-state index is 12.4. The van der Waals surface area contributed by atoms with Gasteiger partial charge in [0.1, 0.15) is 0 Å². The molecule has 0 saturated heterocycles. The van der Waals surface area contributed by atoms with E-state index >= 15 is 0 Å². The molecule has 7 nitrogen and oxygen atoms in total. The van der Waals surface area contributed by atoms with E-state index in [1.165, 1.54) is 28.6 Å². The van der Waals surface area contributed by atoms with Crippen LogP contribution in [0.1, 0.15) is 20.8 Å². The Labute approximate surface area is 151 Å². The Morgan fingerprint density at radius 3 is 1.88 bits per heavy atom. The molecule has 140 valence electrons. The first kappa shape index (κ1) is 23.3. The lowest BCUT2D eigenvalue weighted by atomic mass is 10.4. The molecule has 0 aromatic heterocycles. The molecule has 0 aliphatic heterocycles. The van der Waals surface area contributed by atoms with Gasteiger partial charge in [-0.2, -0.15) is 4.31 Å². The smallest absolute Gasteiger partial charge is 0.243 e. The molecule has 1 aromatic rings. The van der Waals surface area contributed by atoms with Crippen LogP contribution in [0.4, 0.5) is 0 Å². The quantitative estimate of drug-likeness (QED) is 0.646. The zero-order valence-corrected chi connectivity index (χ0v) is 16.8. The summed E-state index contributed by atoms with van der Waals surface area (Å²) < 4.78 is 52.8. The molecule has 0 aliphatic carbocycles. The summed E-state index contributed by atoms with van der Waals surface area (Å²) >= 11 is 0. The molecule has 0 amide bonds. The average Bonchev–Trinajstić information content (AvgIpc) is 2.53. The highest BCUT2D eigenvalue weighted by Crippen LogP contribution is 2.18. The fourth-order valence-corrected chi connectivity index (χ4v) is 4.51. The second-order valence-corrected chi connectivity index (χ2v) is 8.81. The number of hydrogen-bond donors (Lipinski definition) is 2. The fourth-order valence-electron chi connectivity index (χ4n) is 1.92. The first-order chi connectivity index (χ1) is 10.7. The molecular formula is C14H26ClN3O4S2. The first-order valence-electron chi connectivity index (χ1n) is 7.46. The average molecular weight is 400 g/mol. The molecule has 0 bridgehead atoms. The highest BCUT2D eigenvalue weighted by atomic mass is 35.5. The van der Waals surface area contributed by atoms with Gasteiger partial charge in [0, 0.05) is 25.7 Å². The minimum Gasteiger partial charge on any atom is -0.316 e. The molecule has 1 unspecified atom stereocenters. The van der Waals surface area contributed by atoms with Crippen molar-refractivity contribution in [2.45, 2.75) is 36.6 Å². The normalized spacial score (nSPS) is 13.5. The summed E-state index contributed by atoms with van der Waals surface area (Å²) in [5.74, 6) is 0. The minimum absolute atomic E-state index is 0. The number of nitrogens with zero attached hydrogens (tertiary/aromatic N) is 1. The summed E-state index contributed by atoms with van der Waals surface area (Å²) in [6.45, 7) is 6.34. The SMILES string of the molecule is CCN(CC)S(=O)(=O)c1ccc(S(=O)(=O)NCC(C)NC)cc1.Cl. The van der Waals surface area contributed by atoms with Gasteiger partial charge >= 0.3 is 0 Å². The molecule has 0 spiro atoms. The molecule has 0 saturated carbocycles. The van der Waals surface area contributed by atoms with Crippen LogP contribution >= 0.6 is 12.4 Å². The number of likely N-dealkylation sites (N-methyl/N-ethyl adjacent to an activating group) is 1. The van der Waals surface area contributed by atoms with E-state index in [9.17, 15) is 16.8 Å². The third kappa shape index (κ3) is 5.68. The second-order valence-electron chi connectivity index (χ2n) is 5.10. The van der Waals surface area contributed by atoms with Crippen LogP contribution in [0.5, 0.6) is 0 Å². The number of sulfonamides is 2. The largest absolute Gasteiger partial charge is 0.316 e. The lowest BCUT2D eigenvalue weighted by Crippen LogP contribution is -2.37. The minimum atomic E-state index is -3.66. The molecule has 2 N–H and O–H groups in total. The molecule has 1 aromatic carbocycles. The summed E-state index contributed by atoms with van der Waals surface area (Å²) in [5, 5.41) is 2.93.